The van der Waals surface area contributed by atoms with Crippen molar-refractivity contribution in [3.63, 3.8) is 0 Å². The van der Waals surface area contributed by atoms with Crippen LogP contribution in [-0.2, 0) is 28.6 Å². The third-order valence-electron chi connectivity index (χ3n) is 6.75. The van der Waals surface area contributed by atoms with Gasteiger partial charge in [0.25, 0.3) is 0 Å². The normalized spacial score (nSPS) is 36.0. The Morgan fingerprint density at radius 2 is 0.900 bits per heavy atom. The summed E-state index contributed by atoms with van der Waals surface area (Å²) in [6, 6.07) is 0. The van der Waals surface area contributed by atoms with Crippen molar-refractivity contribution in [3.8, 4) is 0 Å². The van der Waals surface area contributed by atoms with E-state index in [2.05, 4.69) is 26.7 Å². The lowest BCUT2D eigenvalue weighted by atomic mass is 9.44. The van der Waals surface area contributed by atoms with Gasteiger partial charge in [-0.2, -0.15) is 0 Å². The van der Waals surface area contributed by atoms with Gasteiger partial charge in [0.1, 0.15) is 16.8 Å². The van der Waals surface area contributed by atoms with Gasteiger partial charge in [-0.1, -0.05) is 33.1 Å². The van der Waals surface area contributed by atoms with E-state index in [0.717, 1.165) is 6.42 Å². The topological polar surface area (TPSA) is 78.9 Å². The smallest absolute Gasteiger partial charge is 0.333 e. The molecule has 4 saturated carbocycles. The molecular weight excluding hydrogens is 384 g/mol. The maximum Gasteiger partial charge on any atom is 0.333 e. The zero-order chi connectivity index (χ0) is 22.5. The number of carbonyl (C=O) groups is 3. The Labute approximate surface area is 178 Å². The zero-order valence-corrected chi connectivity index (χ0v) is 18.5. The average Bonchev–Trinajstić information content (AvgIpc) is 2.59. The third kappa shape index (κ3) is 3.84. The fraction of sp³-hybridized carbons (Fsp3) is 0.625. The Bertz CT molecular complexity index is 734. The minimum atomic E-state index is -0.883. The van der Waals surface area contributed by atoms with E-state index in [9.17, 15) is 14.4 Å². The van der Waals surface area contributed by atoms with Crippen LogP contribution < -0.4 is 0 Å². The first-order valence-corrected chi connectivity index (χ1v) is 10.5. The molecular formula is C24H32O6. The first-order valence-electron chi connectivity index (χ1n) is 10.5. The van der Waals surface area contributed by atoms with Gasteiger partial charge in [-0.3, -0.25) is 0 Å². The molecule has 0 N–H and O–H groups in total. The van der Waals surface area contributed by atoms with Crippen LogP contribution in [0, 0.1) is 5.41 Å². The molecule has 4 aliphatic rings. The Morgan fingerprint density at radius 3 is 1.10 bits per heavy atom. The van der Waals surface area contributed by atoms with E-state index in [0.29, 0.717) is 55.2 Å². The summed E-state index contributed by atoms with van der Waals surface area (Å²) in [7, 11) is 0. The molecule has 6 heteroatoms. The van der Waals surface area contributed by atoms with Crippen LogP contribution in [0.3, 0.4) is 0 Å². The number of ether oxygens (including phenoxy) is 3. The molecule has 0 unspecified atom stereocenters. The fourth-order valence-electron chi connectivity index (χ4n) is 6.11. The number of esters is 3. The van der Waals surface area contributed by atoms with Crippen LogP contribution >= 0.6 is 0 Å². The molecule has 4 aliphatic carbocycles. The van der Waals surface area contributed by atoms with Gasteiger partial charge in [-0.25, -0.2) is 14.4 Å². The molecule has 4 rings (SSSR count). The number of carbonyl (C=O) groups excluding carboxylic acids is 3. The Balaban J connectivity index is 2.08. The molecule has 4 bridgehead atoms. The lowest BCUT2D eigenvalue weighted by Crippen LogP contribution is -2.72. The van der Waals surface area contributed by atoms with Crippen LogP contribution in [0.1, 0.15) is 72.6 Å². The molecule has 164 valence electrons. The van der Waals surface area contributed by atoms with E-state index in [1.165, 1.54) is 0 Å². The van der Waals surface area contributed by atoms with Gasteiger partial charge in [0.15, 0.2) is 0 Å². The summed E-state index contributed by atoms with van der Waals surface area (Å²) in [5.41, 5.74) is -2.01. The van der Waals surface area contributed by atoms with Crippen LogP contribution in [-0.4, -0.2) is 34.7 Å². The maximum absolute atomic E-state index is 12.5. The molecule has 0 atom stereocenters. The van der Waals surface area contributed by atoms with Gasteiger partial charge < -0.3 is 14.2 Å². The second-order valence-corrected chi connectivity index (χ2v) is 9.97. The molecule has 0 amide bonds. The summed E-state index contributed by atoms with van der Waals surface area (Å²) in [5, 5.41) is 0. The van der Waals surface area contributed by atoms with Gasteiger partial charge in [0, 0.05) is 36.0 Å². The highest BCUT2D eigenvalue weighted by atomic mass is 16.6. The molecule has 6 nitrogen and oxygen atoms in total. The predicted molar refractivity (Wildman–Crippen MR) is 111 cm³/mol. The maximum atomic E-state index is 12.5. The largest absolute Gasteiger partial charge is 0.455 e. The van der Waals surface area contributed by atoms with E-state index in [1.54, 1.807) is 20.8 Å². The highest BCUT2D eigenvalue weighted by Crippen LogP contribution is 2.68. The summed E-state index contributed by atoms with van der Waals surface area (Å²) in [4.78, 5) is 37.6. The van der Waals surface area contributed by atoms with Crippen molar-refractivity contribution in [2.75, 3.05) is 0 Å². The van der Waals surface area contributed by atoms with E-state index in [4.69, 9.17) is 14.2 Å². The molecule has 0 aromatic heterocycles. The average molecular weight is 417 g/mol. The predicted octanol–water partition coefficient (Wildman–Crippen LogP) is 4.34. The molecule has 0 spiro atoms. The van der Waals surface area contributed by atoms with Crippen LogP contribution in [0.15, 0.2) is 36.5 Å². The number of hydrogen-bond acceptors (Lipinski definition) is 6. The molecule has 30 heavy (non-hydrogen) atoms. The van der Waals surface area contributed by atoms with Gasteiger partial charge in [-0.15, -0.1) is 0 Å². The minimum absolute atomic E-state index is 0.269. The Kier molecular flexibility index (Phi) is 5.28. The molecule has 0 aliphatic heterocycles. The summed E-state index contributed by atoms with van der Waals surface area (Å²) in [6.45, 7) is 18.0. The summed E-state index contributed by atoms with van der Waals surface area (Å²) >= 11 is 0. The lowest BCUT2D eigenvalue weighted by Gasteiger charge is -2.67. The van der Waals surface area contributed by atoms with Crippen molar-refractivity contribution in [2.24, 2.45) is 5.41 Å². The standard InChI is InChI=1S/C24H32O6/c1-8-21-9-22(28-18(25)15(2)3)12-23(10-21,29-19(26)16(4)5)14-24(11-21,13-22)30-20(27)17(6)7/h2,4,6,8-14H2,1,3,5,7H3. The third-order valence-corrected chi connectivity index (χ3v) is 6.75. The number of hydrogen-bond donors (Lipinski definition) is 0. The molecule has 0 aromatic rings. The first kappa shape index (κ1) is 22.3. The highest BCUT2D eigenvalue weighted by molar-refractivity contribution is 5.88. The molecule has 4 fully saturated rings. The highest BCUT2D eigenvalue weighted by Gasteiger charge is 2.72. The van der Waals surface area contributed by atoms with E-state index in [1.807, 2.05) is 0 Å². The molecule has 0 heterocycles. The monoisotopic (exact) mass is 416 g/mol. The van der Waals surface area contributed by atoms with Crippen molar-refractivity contribution in [1.29, 1.82) is 0 Å². The minimum Gasteiger partial charge on any atom is -0.455 e. The summed E-state index contributed by atoms with van der Waals surface area (Å²) < 4.78 is 18.0. The van der Waals surface area contributed by atoms with Crippen molar-refractivity contribution in [3.05, 3.63) is 36.5 Å². The van der Waals surface area contributed by atoms with Crippen LogP contribution in [0.2, 0.25) is 0 Å². The van der Waals surface area contributed by atoms with Crippen LogP contribution in [0.4, 0.5) is 0 Å². The van der Waals surface area contributed by atoms with E-state index < -0.39 is 34.7 Å². The van der Waals surface area contributed by atoms with Crippen molar-refractivity contribution >= 4 is 17.9 Å². The second-order valence-electron chi connectivity index (χ2n) is 9.97. The quantitative estimate of drug-likeness (QED) is 0.349. The Hall–Kier alpha value is -2.37. The molecule has 0 saturated heterocycles. The number of rotatable bonds is 7. The van der Waals surface area contributed by atoms with Gasteiger partial charge in [-0.05, 0) is 45.4 Å². The summed E-state index contributed by atoms with van der Waals surface area (Å²) in [6.07, 6.45) is 3.87. The Morgan fingerprint density at radius 1 is 0.633 bits per heavy atom. The second kappa shape index (κ2) is 7.10. The SMILES string of the molecule is C=C(C)C(=O)OC12CC3(CC)CC(OC(=O)C(=C)C)(C1)CC(OC(=O)C(=C)C)(C3)C2. The van der Waals surface area contributed by atoms with Gasteiger partial charge in [0.05, 0.1) is 0 Å². The van der Waals surface area contributed by atoms with Gasteiger partial charge in [0.2, 0.25) is 0 Å². The van der Waals surface area contributed by atoms with Gasteiger partial charge >= 0.3 is 17.9 Å². The summed E-state index contributed by atoms with van der Waals surface area (Å²) in [5.74, 6) is -1.44. The van der Waals surface area contributed by atoms with E-state index in [-0.39, 0.29) is 5.41 Å². The zero-order valence-electron chi connectivity index (χ0n) is 18.5. The fourth-order valence-corrected chi connectivity index (χ4v) is 6.11. The first-order chi connectivity index (χ1) is 13.8. The van der Waals surface area contributed by atoms with Crippen molar-refractivity contribution < 1.29 is 28.6 Å². The molecule has 0 radical (unpaired) electrons. The van der Waals surface area contributed by atoms with E-state index >= 15 is 0 Å². The van der Waals surface area contributed by atoms with Crippen LogP contribution in [0.5, 0.6) is 0 Å². The van der Waals surface area contributed by atoms with Crippen molar-refractivity contribution in [1.82, 2.24) is 0 Å². The molecule has 0 aromatic carbocycles. The van der Waals surface area contributed by atoms with Crippen LogP contribution in [0.25, 0.3) is 0 Å². The van der Waals surface area contributed by atoms with Crippen molar-refractivity contribution in [2.45, 2.75) is 89.4 Å². The lowest BCUT2D eigenvalue weighted by molar-refractivity contribution is -0.291.